The van der Waals surface area contributed by atoms with Gasteiger partial charge in [-0.25, -0.2) is 13.4 Å². The molecule has 96 valence electrons. The van der Waals surface area contributed by atoms with E-state index in [2.05, 4.69) is 4.98 Å². The molecule has 0 bridgehead atoms. The lowest BCUT2D eigenvalue weighted by atomic mass is 10.2. The van der Waals surface area contributed by atoms with E-state index in [4.69, 9.17) is 20.7 Å². The second-order valence-corrected chi connectivity index (χ2v) is 6.08. The summed E-state index contributed by atoms with van der Waals surface area (Å²) in [6.07, 6.45) is 1.10. The van der Waals surface area contributed by atoms with Gasteiger partial charge in [-0.3, -0.25) is 0 Å². The topological polar surface area (TPSA) is 80.0 Å². The molecule has 5 nitrogen and oxygen atoms in total. The predicted octanol–water partition coefficient (Wildman–Crippen LogP) is 2.67. The average Bonchev–Trinajstić information content (AvgIpc) is 2.38. The van der Waals surface area contributed by atoms with Crippen LogP contribution in [0, 0.1) is 11.3 Å². The summed E-state index contributed by atoms with van der Waals surface area (Å²) in [6, 6.07) is 11.2. The lowest BCUT2D eigenvalue weighted by Gasteiger charge is -2.04. The molecule has 0 saturated heterocycles. The van der Waals surface area contributed by atoms with Crippen molar-refractivity contribution in [1.29, 1.82) is 5.26 Å². The van der Waals surface area contributed by atoms with Gasteiger partial charge in [0.05, 0.1) is 17.8 Å². The molecular weight excluding hydrogens is 288 g/mol. The molecule has 19 heavy (non-hydrogen) atoms. The van der Waals surface area contributed by atoms with Gasteiger partial charge in [0.2, 0.25) is 5.88 Å². The molecule has 0 saturated carbocycles. The molecule has 2 rings (SSSR count). The van der Waals surface area contributed by atoms with Gasteiger partial charge in [0.1, 0.15) is 10.6 Å². The normalized spacial score (nSPS) is 10.7. The van der Waals surface area contributed by atoms with Crippen molar-refractivity contribution in [3.05, 3.63) is 48.2 Å². The van der Waals surface area contributed by atoms with E-state index in [1.165, 1.54) is 12.1 Å². The van der Waals surface area contributed by atoms with Crippen LogP contribution in [0.3, 0.4) is 0 Å². The molecular formula is C12H7ClN2O3S. The molecule has 2 aromatic rings. The molecule has 0 aliphatic rings. The molecule has 0 fully saturated rings. The number of hydrogen-bond donors (Lipinski definition) is 0. The molecule has 1 aromatic heterocycles. The summed E-state index contributed by atoms with van der Waals surface area (Å²) >= 11 is 0. The van der Waals surface area contributed by atoms with E-state index in [1.54, 1.807) is 24.3 Å². The number of ether oxygens (including phenoxy) is 1. The van der Waals surface area contributed by atoms with Crippen molar-refractivity contribution in [2.75, 3.05) is 0 Å². The van der Waals surface area contributed by atoms with Crippen LogP contribution in [0.25, 0.3) is 0 Å². The molecule has 0 aliphatic heterocycles. The largest absolute Gasteiger partial charge is 0.439 e. The molecule has 0 atom stereocenters. The Morgan fingerprint density at radius 2 is 2.05 bits per heavy atom. The van der Waals surface area contributed by atoms with Crippen LogP contribution in [0.2, 0.25) is 0 Å². The second-order valence-electron chi connectivity index (χ2n) is 3.51. The first-order chi connectivity index (χ1) is 8.99. The fourth-order valence-corrected chi connectivity index (χ4v) is 2.00. The number of rotatable bonds is 3. The van der Waals surface area contributed by atoms with Crippen LogP contribution in [-0.4, -0.2) is 13.4 Å². The maximum Gasteiger partial charge on any atom is 0.262 e. The van der Waals surface area contributed by atoms with E-state index in [9.17, 15) is 8.42 Å². The zero-order valence-corrected chi connectivity index (χ0v) is 11.0. The summed E-state index contributed by atoms with van der Waals surface area (Å²) in [5.74, 6) is 0.646. The maximum absolute atomic E-state index is 11.0. The van der Waals surface area contributed by atoms with Crippen molar-refractivity contribution < 1.29 is 13.2 Å². The van der Waals surface area contributed by atoms with Crippen LogP contribution in [-0.2, 0) is 9.05 Å². The third-order valence-electron chi connectivity index (χ3n) is 2.18. The molecule has 0 aliphatic carbocycles. The monoisotopic (exact) mass is 294 g/mol. The number of pyridine rings is 1. The highest BCUT2D eigenvalue weighted by molar-refractivity contribution is 8.13. The van der Waals surface area contributed by atoms with Crippen molar-refractivity contribution in [3.63, 3.8) is 0 Å². The molecule has 1 aromatic carbocycles. The van der Waals surface area contributed by atoms with Gasteiger partial charge in [-0.1, -0.05) is 6.07 Å². The van der Waals surface area contributed by atoms with Crippen LogP contribution < -0.4 is 4.74 Å². The Morgan fingerprint density at radius 3 is 2.63 bits per heavy atom. The van der Waals surface area contributed by atoms with E-state index in [1.807, 2.05) is 6.07 Å². The van der Waals surface area contributed by atoms with E-state index in [0.29, 0.717) is 11.3 Å². The predicted molar refractivity (Wildman–Crippen MR) is 68.5 cm³/mol. The van der Waals surface area contributed by atoms with Crippen LogP contribution >= 0.6 is 10.7 Å². The van der Waals surface area contributed by atoms with E-state index in [-0.39, 0.29) is 10.8 Å². The Balaban J connectivity index is 2.22. The van der Waals surface area contributed by atoms with Gasteiger partial charge in [0.25, 0.3) is 9.05 Å². The van der Waals surface area contributed by atoms with Crippen molar-refractivity contribution >= 4 is 19.7 Å². The average molecular weight is 295 g/mol. The van der Waals surface area contributed by atoms with Crippen LogP contribution in [0.4, 0.5) is 0 Å². The van der Waals surface area contributed by atoms with Gasteiger partial charge in [0.15, 0.2) is 0 Å². The van der Waals surface area contributed by atoms with Gasteiger partial charge in [-0.05, 0) is 24.3 Å². The second kappa shape index (κ2) is 5.26. The Bertz CT molecular complexity index is 736. The fraction of sp³-hybridized carbons (Fsp3) is 0. The van der Waals surface area contributed by atoms with Crippen molar-refractivity contribution in [2.45, 2.75) is 4.90 Å². The van der Waals surface area contributed by atoms with Gasteiger partial charge in [-0.2, -0.15) is 5.26 Å². The molecule has 0 radical (unpaired) electrons. The zero-order valence-electron chi connectivity index (χ0n) is 9.45. The lowest BCUT2D eigenvalue weighted by Crippen LogP contribution is -1.93. The molecule has 0 spiro atoms. The number of nitriles is 1. The first-order valence-electron chi connectivity index (χ1n) is 5.08. The number of aromatic nitrogens is 1. The van der Waals surface area contributed by atoms with Crippen molar-refractivity contribution in [1.82, 2.24) is 4.98 Å². The maximum atomic E-state index is 11.0. The number of hydrogen-bond acceptors (Lipinski definition) is 5. The summed E-state index contributed by atoms with van der Waals surface area (Å²) < 4.78 is 27.5. The van der Waals surface area contributed by atoms with Crippen molar-refractivity contribution in [3.8, 4) is 17.7 Å². The van der Waals surface area contributed by atoms with E-state index < -0.39 is 9.05 Å². The van der Waals surface area contributed by atoms with Crippen LogP contribution in [0.5, 0.6) is 11.6 Å². The third kappa shape index (κ3) is 3.44. The minimum atomic E-state index is -3.79. The van der Waals surface area contributed by atoms with Gasteiger partial charge >= 0.3 is 0 Å². The quantitative estimate of drug-likeness (QED) is 0.813. The Kier molecular flexibility index (Phi) is 3.69. The minimum Gasteiger partial charge on any atom is -0.439 e. The lowest BCUT2D eigenvalue weighted by molar-refractivity contribution is 0.462. The zero-order chi connectivity index (χ0) is 13.9. The smallest absolute Gasteiger partial charge is 0.262 e. The number of benzene rings is 1. The number of halogens is 1. The highest BCUT2D eigenvalue weighted by Crippen LogP contribution is 2.22. The summed E-state index contributed by atoms with van der Waals surface area (Å²) in [6.45, 7) is 0. The summed E-state index contributed by atoms with van der Waals surface area (Å²) in [4.78, 5) is 3.72. The standard InChI is InChI=1S/C12H7ClN2O3S/c13-19(16,17)11-4-5-12(15-8-11)18-10-3-1-2-9(6-10)7-14/h1-6,8H. The molecule has 0 N–H and O–H groups in total. The molecule has 0 amide bonds. The van der Waals surface area contributed by atoms with Crippen molar-refractivity contribution in [2.24, 2.45) is 0 Å². The van der Waals surface area contributed by atoms with E-state index in [0.717, 1.165) is 6.20 Å². The van der Waals surface area contributed by atoms with Gasteiger partial charge < -0.3 is 4.74 Å². The van der Waals surface area contributed by atoms with Gasteiger partial charge in [-0.15, -0.1) is 0 Å². The highest BCUT2D eigenvalue weighted by Gasteiger charge is 2.10. The van der Waals surface area contributed by atoms with E-state index >= 15 is 0 Å². The first-order valence-corrected chi connectivity index (χ1v) is 7.39. The minimum absolute atomic E-state index is 0.104. The number of nitrogens with zero attached hydrogens (tertiary/aromatic N) is 2. The molecule has 1 heterocycles. The Morgan fingerprint density at radius 1 is 1.26 bits per heavy atom. The molecule has 0 unspecified atom stereocenters. The van der Waals surface area contributed by atoms with Gasteiger partial charge in [0, 0.05) is 16.7 Å². The Labute approximate surface area is 114 Å². The molecule has 7 heteroatoms. The summed E-state index contributed by atoms with van der Waals surface area (Å²) in [7, 11) is 1.37. The summed E-state index contributed by atoms with van der Waals surface area (Å²) in [5.41, 5.74) is 0.456. The summed E-state index contributed by atoms with van der Waals surface area (Å²) in [5, 5.41) is 8.75. The first kappa shape index (κ1) is 13.3. The van der Waals surface area contributed by atoms with Crippen LogP contribution in [0.15, 0.2) is 47.5 Å². The Hall–Kier alpha value is -2.10. The SMILES string of the molecule is N#Cc1cccc(Oc2ccc(S(=O)(=O)Cl)cn2)c1. The fourth-order valence-electron chi connectivity index (χ4n) is 1.32. The van der Waals surface area contributed by atoms with Crippen LogP contribution in [0.1, 0.15) is 5.56 Å². The third-order valence-corrected chi connectivity index (χ3v) is 3.52. The highest BCUT2D eigenvalue weighted by atomic mass is 35.7.